The summed E-state index contributed by atoms with van der Waals surface area (Å²) in [6, 6.07) is 13.9. The normalized spacial score (nSPS) is 17.8. The number of nitrogens with one attached hydrogen (secondary N) is 1. The zero-order valence-electron chi connectivity index (χ0n) is 18.5. The molecule has 1 fully saturated rings. The van der Waals surface area contributed by atoms with Crippen LogP contribution < -0.4 is 10.8 Å². The van der Waals surface area contributed by atoms with E-state index in [4.69, 9.17) is 12.8 Å². The fraction of sp³-hybridized carbons (Fsp3) is 0.292. The van der Waals surface area contributed by atoms with Gasteiger partial charge >= 0.3 is 0 Å². The van der Waals surface area contributed by atoms with Gasteiger partial charge in [-0.25, -0.2) is 13.5 Å². The van der Waals surface area contributed by atoms with Crippen molar-refractivity contribution < 1.29 is 4.21 Å². The van der Waals surface area contributed by atoms with Gasteiger partial charge in [0.15, 0.2) is 5.65 Å². The predicted octanol–water partition coefficient (Wildman–Crippen LogP) is 2.74. The van der Waals surface area contributed by atoms with Gasteiger partial charge in [-0.2, -0.15) is 9.61 Å². The third-order valence-corrected chi connectivity index (χ3v) is 7.40. The summed E-state index contributed by atoms with van der Waals surface area (Å²) in [6.45, 7) is 4.12. The van der Waals surface area contributed by atoms with Gasteiger partial charge in [0.05, 0.1) is 10.6 Å². The zero-order valence-corrected chi connectivity index (χ0v) is 19.3. The second-order valence-corrected chi connectivity index (χ2v) is 9.90. The average Bonchev–Trinajstić information content (AvgIpc) is 3.23. The summed E-state index contributed by atoms with van der Waals surface area (Å²) in [5.74, 6) is 0.984. The van der Waals surface area contributed by atoms with Crippen molar-refractivity contribution >= 4 is 35.8 Å². The van der Waals surface area contributed by atoms with E-state index in [0.717, 1.165) is 46.9 Å². The number of pyridine rings is 1. The van der Waals surface area contributed by atoms with Crippen molar-refractivity contribution in [2.75, 3.05) is 18.4 Å². The maximum absolute atomic E-state index is 13.2. The highest BCUT2D eigenvalue weighted by Gasteiger charge is 2.27. The first kappa shape index (κ1) is 21.8. The second-order valence-electron chi connectivity index (χ2n) is 8.41. The fourth-order valence-corrected chi connectivity index (χ4v) is 5.63. The lowest BCUT2D eigenvalue weighted by atomic mass is 9.95. The third-order valence-electron chi connectivity index (χ3n) is 5.94. The molecular weight excluding hydrogens is 431 g/mol. The second kappa shape index (κ2) is 9.45. The smallest absolute Gasteiger partial charge is 0.150 e. The molecule has 1 aromatic carbocycles. The maximum Gasteiger partial charge on any atom is 0.150 e. The van der Waals surface area contributed by atoms with Gasteiger partial charge in [0.1, 0.15) is 24.6 Å². The molecule has 2 atom stereocenters. The van der Waals surface area contributed by atoms with Crippen LogP contribution in [0.15, 0.2) is 66.0 Å². The Bertz CT molecular complexity index is 1290. The highest BCUT2D eigenvalue weighted by molar-refractivity contribution is 7.82. The maximum atomic E-state index is 13.2. The Hall–Kier alpha value is -3.04. The summed E-state index contributed by atoms with van der Waals surface area (Å²) in [7, 11) is 4.98. The van der Waals surface area contributed by atoms with Crippen LogP contribution in [0, 0.1) is 6.92 Å². The van der Waals surface area contributed by atoms with E-state index >= 15 is 0 Å². The minimum absolute atomic E-state index is 0.158. The van der Waals surface area contributed by atoms with Gasteiger partial charge < -0.3 is 5.32 Å². The van der Waals surface area contributed by atoms with E-state index in [-0.39, 0.29) is 5.92 Å². The molecule has 9 heteroatoms. The van der Waals surface area contributed by atoms with Crippen LogP contribution >= 0.6 is 0 Å². The van der Waals surface area contributed by atoms with Gasteiger partial charge in [-0.1, -0.05) is 18.2 Å². The number of nitrogens with zero attached hydrogens (tertiary/aromatic N) is 5. The molecule has 2 radical (unpaired) electrons. The number of benzene rings is 1. The number of hydrogen-bond acceptors (Lipinski definition) is 5. The van der Waals surface area contributed by atoms with Gasteiger partial charge in [-0.05, 0) is 54.6 Å². The summed E-state index contributed by atoms with van der Waals surface area (Å²) in [4.78, 5) is 9.88. The van der Waals surface area contributed by atoms with E-state index < -0.39 is 11.0 Å². The average molecular weight is 456 g/mol. The standard InChI is InChI=1S/C24H25BN6OS/c1-17-5-2-8-20(11-17)33(32)30-10-4-7-19(16-30)22-12-23(27-14-18-6-3-9-26-13-18)31-24(29-22)21(25)15-28-31/h2-3,5-6,8-9,11-13,15,19,27H,4,7,10,14,16H2,1H3. The first-order chi connectivity index (χ1) is 16.1. The number of hydrogen-bond donors (Lipinski definition) is 1. The number of anilines is 1. The van der Waals surface area contributed by atoms with Crippen LogP contribution in [0.25, 0.3) is 5.65 Å². The lowest BCUT2D eigenvalue weighted by molar-refractivity contribution is 0.327. The Morgan fingerprint density at radius 2 is 2.12 bits per heavy atom. The van der Waals surface area contributed by atoms with Crippen molar-refractivity contribution in [2.45, 2.75) is 37.1 Å². The molecule has 0 bridgehead atoms. The Morgan fingerprint density at radius 1 is 1.21 bits per heavy atom. The molecule has 1 saturated heterocycles. The highest BCUT2D eigenvalue weighted by atomic mass is 32.2. The van der Waals surface area contributed by atoms with Crippen LogP contribution in [0.4, 0.5) is 5.82 Å². The van der Waals surface area contributed by atoms with E-state index in [1.54, 1.807) is 16.9 Å². The first-order valence-corrected chi connectivity index (χ1v) is 12.2. The molecule has 1 aliphatic rings. The van der Waals surface area contributed by atoms with Crippen LogP contribution in [0.2, 0.25) is 0 Å². The van der Waals surface area contributed by atoms with Gasteiger partial charge in [0.25, 0.3) is 0 Å². The Balaban J connectivity index is 1.41. The Kier molecular flexibility index (Phi) is 6.24. The summed E-state index contributed by atoms with van der Waals surface area (Å²) in [6.07, 6.45) is 7.17. The summed E-state index contributed by atoms with van der Waals surface area (Å²) in [5, 5.41) is 7.85. The van der Waals surface area contributed by atoms with Crippen molar-refractivity contribution in [3.8, 4) is 0 Å². The molecule has 1 N–H and O–H groups in total. The molecule has 0 amide bonds. The fourth-order valence-electron chi connectivity index (χ4n) is 4.24. The third kappa shape index (κ3) is 4.70. The van der Waals surface area contributed by atoms with Crippen LogP contribution in [0.1, 0.15) is 35.6 Å². The molecule has 5 rings (SSSR count). The molecule has 1 aliphatic heterocycles. The Morgan fingerprint density at radius 3 is 2.94 bits per heavy atom. The molecule has 0 spiro atoms. The lowest BCUT2D eigenvalue weighted by Crippen LogP contribution is -2.36. The van der Waals surface area contributed by atoms with E-state index in [2.05, 4.69) is 19.7 Å². The largest absolute Gasteiger partial charge is 0.366 e. The summed E-state index contributed by atoms with van der Waals surface area (Å²) in [5.41, 5.74) is 4.30. The van der Waals surface area contributed by atoms with E-state index in [9.17, 15) is 4.21 Å². The molecule has 4 aromatic rings. The van der Waals surface area contributed by atoms with Gasteiger partial charge in [-0.15, -0.1) is 0 Å². The number of aromatic nitrogens is 4. The topological polar surface area (TPSA) is 75.4 Å². The van der Waals surface area contributed by atoms with Gasteiger partial charge in [0.2, 0.25) is 0 Å². The van der Waals surface area contributed by atoms with Crippen molar-refractivity contribution in [3.63, 3.8) is 0 Å². The minimum atomic E-state index is -1.19. The van der Waals surface area contributed by atoms with Gasteiger partial charge in [-0.3, -0.25) is 4.98 Å². The Labute approximate surface area is 197 Å². The predicted molar refractivity (Wildman–Crippen MR) is 131 cm³/mol. The van der Waals surface area contributed by atoms with Crippen molar-refractivity contribution in [1.29, 1.82) is 0 Å². The summed E-state index contributed by atoms with van der Waals surface area (Å²) < 4.78 is 17.0. The van der Waals surface area contributed by atoms with Crippen molar-refractivity contribution in [2.24, 2.45) is 0 Å². The molecule has 0 aliphatic carbocycles. The molecule has 0 saturated carbocycles. The molecular formula is C24H25BN6OS. The van der Waals surface area contributed by atoms with E-state index in [1.807, 2.05) is 55.6 Å². The summed E-state index contributed by atoms with van der Waals surface area (Å²) >= 11 is 0. The molecule has 33 heavy (non-hydrogen) atoms. The zero-order chi connectivity index (χ0) is 22.8. The molecule has 166 valence electrons. The van der Waals surface area contributed by atoms with Crippen molar-refractivity contribution in [1.82, 2.24) is 23.9 Å². The van der Waals surface area contributed by atoms with E-state index in [0.29, 0.717) is 24.2 Å². The monoisotopic (exact) mass is 456 g/mol. The minimum Gasteiger partial charge on any atom is -0.366 e. The lowest BCUT2D eigenvalue weighted by Gasteiger charge is -2.31. The first-order valence-electron chi connectivity index (χ1n) is 11.1. The molecule has 4 heterocycles. The molecule has 7 nitrogen and oxygen atoms in total. The number of piperidine rings is 1. The SMILES string of the molecule is [B]c1cnn2c(NCc3cccnc3)cc(C3CCCN(S(=O)c4cccc(C)c4)C3)nc12. The molecule has 2 unspecified atom stereocenters. The number of fused-ring (bicyclic) bond motifs is 1. The van der Waals surface area contributed by atoms with Crippen LogP contribution in [-0.2, 0) is 17.5 Å². The van der Waals surface area contributed by atoms with Crippen molar-refractivity contribution in [3.05, 3.63) is 77.9 Å². The number of aryl methyl sites for hydroxylation is 1. The van der Waals surface area contributed by atoms with Crippen LogP contribution in [0.3, 0.4) is 0 Å². The van der Waals surface area contributed by atoms with Gasteiger partial charge in [0, 0.05) is 50.2 Å². The highest BCUT2D eigenvalue weighted by Crippen LogP contribution is 2.30. The number of rotatable bonds is 6. The van der Waals surface area contributed by atoms with Crippen LogP contribution in [0.5, 0.6) is 0 Å². The quantitative estimate of drug-likeness (QED) is 0.452. The van der Waals surface area contributed by atoms with Crippen LogP contribution in [-0.4, -0.2) is 49.0 Å². The van der Waals surface area contributed by atoms with E-state index in [1.165, 1.54) is 0 Å². The molecule has 3 aromatic heterocycles.